The van der Waals surface area contributed by atoms with E-state index < -0.39 is 11.6 Å². The summed E-state index contributed by atoms with van der Waals surface area (Å²) >= 11 is -0.00704. The van der Waals surface area contributed by atoms with Crippen molar-refractivity contribution in [2.24, 2.45) is 0 Å². The molecule has 1 nitrogen and oxygen atoms in total. The van der Waals surface area contributed by atoms with Crippen LogP contribution >= 0.6 is 0 Å². The Morgan fingerprint density at radius 3 is 2.62 bits per heavy atom. The number of aromatic nitrogens is 1. The molecule has 3 aromatic rings. The molecule has 0 atom stereocenters. The summed E-state index contributed by atoms with van der Waals surface area (Å²) in [6.45, 7) is 1.94. The Kier molecular flexibility index (Phi) is 2.09. The molecule has 0 saturated heterocycles. The van der Waals surface area contributed by atoms with Crippen molar-refractivity contribution in [1.82, 2.24) is 4.98 Å². The maximum absolute atomic E-state index is 13.2. The van der Waals surface area contributed by atoms with Gasteiger partial charge in [-0.1, -0.05) is 0 Å². The van der Waals surface area contributed by atoms with Crippen LogP contribution in [0.3, 0.4) is 0 Å². The zero-order chi connectivity index (χ0) is 11.3. The van der Waals surface area contributed by atoms with E-state index >= 15 is 0 Å². The molecule has 0 unspecified atom stereocenters. The summed E-state index contributed by atoms with van der Waals surface area (Å²) in [5.74, 6) is -1.56. The molecular formula is C12H7F2NSe. The van der Waals surface area contributed by atoms with E-state index in [0.29, 0.717) is 0 Å². The summed E-state index contributed by atoms with van der Waals surface area (Å²) in [6.07, 6.45) is 1.79. The van der Waals surface area contributed by atoms with Gasteiger partial charge in [0.05, 0.1) is 0 Å². The van der Waals surface area contributed by atoms with E-state index in [1.807, 2.05) is 13.0 Å². The molecule has 1 aromatic carbocycles. The molecule has 0 bridgehead atoms. The van der Waals surface area contributed by atoms with Crippen molar-refractivity contribution in [3.05, 3.63) is 41.6 Å². The molecule has 0 spiro atoms. The molecule has 2 aromatic heterocycles. The van der Waals surface area contributed by atoms with Crippen molar-refractivity contribution < 1.29 is 8.78 Å². The van der Waals surface area contributed by atoms with Crippen molar-refractivity contribution >= 4 is 33.9 Å². The monoisotopic (exact) mass is 283 g/mol. The minimum absolute atomic E-state index is 0.00704. The first-order valence-corrected chi connectivity index (χ1v) is 6.50. The van der Waals surface area contributed by atoms with Crippen LogP contribution in [0.25, 0.3) is 19.4 Å². The number of fused-ring (bicyclic) bond motifs is 3. The van der Waals surface area contributed by atoms with Gasteiger partial charge in [-0.2, -0.15) is 0 Å². The van der Waals surface area contributed by atoms with Gasteiger partial charge in [-0.3, -0.25) is 0 Å². The number of halogens is 2. The first kappa shape index (κ1) is 9.94. The van der Waals surface area contributed by atoms with Gasteiger partial charge >= 0.3 is 96.2 Å². The molecule has 4 heteroatoms. The fourth-order valence-corrected chi connectivity index (χ4v) is 3.93. The van der Waals surface area contributed by atoms with Gasteiger partial charge in [-0.05, 0) is 0 Å². The zero-order valence-corrected chi connectivity index (χ0v) is 10.1. The second-order valence-electron chi connectivity index (χ2n) is 3.73. The minimum atomic E-state index is -0.788. The molecule has 80 valence electrons. The van der Waals surface area contributed by atoms with E-state index in [2.05, 4.69) is 4.98 Å². The second kappa shape index (κ2) is 3.37. The van der Waals surface area contributed by atoms with Crippen LogP contribution in [0.1, 0.15) is 5.56 Å². The molecule has 0 N–H and O–H groups in total. The third-order valence-corrected chi connectivity index (χ3v) is 4.77. The number of nitrogens with zero attached hydrogens (tertiary/aromatic N) is 1. The summed E-state index contributed by atoms with van der Waals surface area (Å²) in [6, 6.07) is 4.55. The van der Waals surface area contributed by atoms with Crippen LogP contribution in [0, 0.1) is 18.6 Å². The SMILES string of the molecule is Cc1cnc2[se]c3cc(F)c(F)cc3c2c1. The van der Waals surface area contributed by atoms with Gasteiger partial charge in [0.25, 0.3) is 0 Å². The Balaban J connectivity index is 2.53. The van der Waals surface area contributed by atoms with E-state index in [9.17, 15) is 8.78 Å². The second-order valence-corrected chi connectivity index (χ2v) is 5.89. The summed E-state index contributed by atoms with van der Waals surface area (Å²) in [7, 11) is 0. The van der Waals surface area contributed by atoms with E-state index in [-0.39, 0.29) is 14.5 Å². The zero-order valence-electron chi connectivity index (χ0n) is 8.42. The van der Waals surface area contributed by atoms with Gasteiger partial charge in [0.1, 0.15) is 0 Å². The molecule has 0 aliphatic rings. The first-order chi connectivity index (χ1) is 7.65. The van der Waals surface area contributed by atoms with Crippen molar-refractivity contribution in [3.8, 4) is 0 Å². The number of hydrogen-bond acceptors (Lipinski definition) is 1. The molecule has 16 heavy (non-hydrogen) atoms. The topological polar surface area (TPSA) is 12.9 Å². The van der Waals surface area contributed by atoms with Gasteiger partial charge in [0, 0.05) is 0 Å². The fraction of sp³-hybridized carbons (Fsp3) is 0.0833. The molecule has 3 rings (SSSR count). The van der Waals surface area contributed by atoms with Crippen molar-refractivity contribution in [3.63, 3.8) is 0 Å². The van der Waals surface area contributed by atoms with E-state index in [1.165, 1.54) is 12.1 Å². The van der Waals surface area contributed by atoms with Crippen molar-refractivity contribution in [2.75, 3.05) is 0 Å². The maximum atomic E-state index is 13.2. The van der Waals surface area contributed by atoms with Gasteiger partial charge in [-0.15, -0.1) is 0 Å². The Hall–Kier alpha value is -1.25. The standard InChI is InChI=1S/C12H7F2NSe/c1-6-2-8-7-3-9(13)10(14)4-11(7)16-12(8)15-5-6/h2-5H,1H3. The van der Waals surface area contributed by atoms with Crippen LogP contribution in [-0.2, 0) is 0 Å². The molecule has 0 aliphatic carbocycles. The Morgan fingerprint density at radius 2 is 1.81 bits per heavy atom. The quantitative estimate of drug-likeness (QED) is 0.578. The van der Waals surface area contributed by atoms with E-state index in [4.69, 9.17) is 0 Å². The van der Waals surface area contributed by atoms with Crippen LogP contribution in [-0.4, -0.2) is 19.5 Å². The van der Waals surface area contributed by atoms with Crippen LogP contribution < -0.4 is 0 Å². The Labute approximate surface area is 96.5 Å². The Bertz CT molecular complexity index is 703. The molecule has 0 fully saturated rings. The molecule has 0 saturated carbocycles. The summed E-state index contributed by atoms with van der Waals surface area (Å²) in [5.41, 5.74) is 1.03. The third kappa shape index (κ3) is 1.38. The predicted octanol–water partition coefficient (Wildman–Crippen LogP) is 3.03. The van der Waals surface area contributed by atoms with Crippen molar-refractivity contribution in [1.29, 1.82) is 0 Å². The van der Waals surface area contributed by atoms with Gasteiger partial charge in [0.2, 0.25) is 0 Å². The average Bonchev–Trinajstić information content (AvgIpc) is 2.57. The van der Waals surface area contributed by atoms with Crippen LogP contribution in [0.4, 0.5) is 8.78 Å². The summed E-state index contributed by atoms with van der Waals surface area (Å²) in [4.78, 5) is 4.32. The summed E-state index contributed by atoms with van der Waals surface area (Å²) < 4.78 is 28.1. The number of aryl methyl sites for hydroxylation is 1. The van der Waals surface area contributed by atoms with Gasteiger partial charge in [-0.25, -0.2) is 0 Å². The summed E-state index contributed by atoms with van der Waals surface area (Å²) in [5, 5.41) is 1.75. The van der Waals surface area contributed by atoms with Crippen LogP contribution in [0.2, 0.25) is 0 Å². The number of rotatable bonds is 0. The molecule has 0 radical (unpaired) electrons. The fourth-order valence-electron chi connectivity index (χ4n) is 1.76. The molecule has 0 amide bonds. The average molecular weight is 282 g/mol. The van der Waals surface area contributed by atoms with E-state index in [0.717, 1.165) is 25.0 Å². The third-order valence-electron chi connectivity index (χ3n) is 2.51. The number of pyridine rings is 1. The first-order valence-electron chi connectivity index (χ1n) is 4.79. The normalized spacial score (nSPS) is 11.4. The van der Waals surface area contributed by atoms with Gasteiger partial charge in [0.15, 0.2) is 0 Å². The molecular weight excluding hydrogens is 275 g/mol. The predicted molar refractivity (Wildman–Crippen MR) is 60.8 cm³/mol. The number of hydrogen-bond donors (Lipinski definition) is 0. The Morgan fingerprint density at radius 1 is 1.06 bits per heavy atom. The van der Waals surface area contributed by atoms with E-state index in [1.54, 1.807) is 6.20 Å². The van der Waals surface area contributed by atoms with Crippen LogP contribution in [0.15, 0.2) is 24.4 Å². The molecule has 2 heterocycles. The van der Waals surface area contributed by atoms with Gasteiger partial charge < -0.3 is 0 Å². The van der Waals surface area contributed by atoms with Crippen LogP contribution in [0.5, 0.6) is 0 Å². The molecule has 0 aliphatic heterocycles. The van der Waals surface area contributed by atoms with Crippen molar-refractivity contribution in [2.45, 2.75) is 6.92 Å². The number of benzene rings is 1.